The van der Waals surface area contributed by atoms with Gasteiger partial charge in [0.1, 0.15) is 0 Å². The summed E-state index contributed by atoms with van der Waals surface area (Å²) >= 11 is 0. The van der Waals surface area contributed by atoms with E-state index in [1.165, 1.54) is 0 Å². The highest BCUT2D eigenvalue weighted by atomic mass is 16.5. The van der Waals surface area contributed by atoms with Crippen molar-refractivity contribution in [3.63, 3.8) is 0 Å². The van der Waals surface area contributed by atoms with Gasteiger partial charge in [0.05, 0.1) is 18.8 Å². The summed E-state index contributed by atoms with van der Waals surface area (Å²) in [5.74, 6) is 0.152. The number of carbonyl (C=O) groups is 1. The summed E-state index contributed by atoms with van der Waals surface area (Å²) in [5, 5.41) is 2.86. The lowest BCUT2D eigenvalue weighted by molar-refractivity contribution is -0.144. The second kappa shape index (κ2) is 4.07. The highest BCUT2D eigenvalue weighted by Crippen LogP contribution is 2.15. The highest BCUT2D eigenvalue weighted by Gasteiger charge is 2.29. The van der Waals surface area contributed by atoms with Gasteiger partial charge >= 0.3 is 0 Å². The van der Waals surface area contributed by atoms with E-state index < -0.39 is 0 Å². The molecular formula is C9H18N2O2. The summed E-state index contributed by atoms with van der Waals surface area (Å²) in [6.07, 6.45) is 0. The fourth-order valence-corrected chi connectivity index (χ4v) is 1.49. The number of nitrogens with one attached hydrogen (secondary N) is 1. The Morgan fingerprint density at radius 1 is 1.62 bits per heavy atom. The summed E-state index contributed by atoms with van der Waals surface area (Å²) in [6, 6.07) is 0. The molecule has 1 aliphatic rings. The van der Waals surface area contributed by atoms with Crippen molar-refractivity contribution < 1.29 is 9.53 Å². The summed E-state index contributed by atoms with van der Waals surface area (Å²) in [4.78, 5) is 13.3. The molecule has 0 saturated carbocycles. The number of rotatable bonds is 2. The molecule has 0 bridgehead atoms. The van der Waals surface area contributed by atoms with Gasteiger partial charge < -0.3 is 15.0 Å². The zero-order valence-corrected chi connectivity index (χ0v) is 8.59. The van der Waals surface area contributed by atoms with Crippen LogP contribution in [0.3, 0.4) is 0 Å². The maximum Gasteiger partial charge on any atom is 0.236 e. The predicted octanol–water partition coefficient (Wildman–Crippen LogP) is -0.157. The van der Waals surface area contributed by atoms with Gasteiger partial charge in [-0.1, -0.05) is 0 Å². The molecule has 4 nitrogen and oxygen atoms in total. The Balaban J connectivity index is 2.47. The first-order chi connectivity index (χ1) is 6.05. The molecule has 76 valence electrons. The van der Waals surface area contributed by atoms with Gasteiger partial charge in [-0.3, -0.25) is 4.79 Å². The van der Waals surface area contributed by atoms with Crippen LogP contribution in [-0.4, -0.2) is 49.7 Å². The van der Waals surface area contributed by atoms with Crippen LogP contribution in [0.2, 0.25) is 0 Å². The van der Waals surface area contributed by atoms with Crippen LogP contribution in [0.15, 0.2) is 0 Å². The maximum absolute atomic E-state index is 11.5. The van der Waals surface area contributed by atoms with E-state index in [4.69, 9.17) is 4.74 Å². The summed E-state index contributed by atoms with van der Waals surface area (Å²) in [7, 11) is 1.78. The fourth-order valence-electron chi connectivity index (χ4n) is 1.49. The molecule has 0 radical (unpaired) electrons. The lowest BCUT2D eigenvalue weighted by Crippen LogP contribution is -2.52. The van der Waals surface area contributed by atoms with Gasteiger partial charge in [0.2, 0.25) is 5.91 Å². The van der Waals surface area contributed by atoms with Crippen LogP contribution in [0.25, 0.3) is 0 Å². The minimum atomic E-state index is -0.193. The van der Waals surface area contributed by atoms with Crippen molar-refractivity contribution in [3.05, 3.63) is 0 Å². The molecule has 0 aliphatic carbocycles. The van der Waals surface area contributed by atoms with E-state index in [1.54, 1.807) is 7.05 Å². The van der Waals surface area contributed by atoms with Gasteiger partial charge in [-0.2, -0.15) is 0 Å². The Kier molecular flexibility index (Phi) is 3.27. The molecule has 1 heterocycles. The largest absolute Gasteiger partial charge is 0.372 e. The van der Waals surface area contributed by atoms with Gasteiger partial charge in [-0.15, -0.1) is 0 Å². The minimum Gasteiger partial charge on any atom is -0.372 e. The monoisotopic (exact) mass is 186 g/mol. The van der Waals surface area contributed by atoms with Crippen LogP contribution in [0, 0.1) is 0 Å². The molecule has 1 fully saturated rings. The van der Waals surface area contributed by atoms with E-state index in [2.05, 4.69) is 5.32 Å². The smallest absolute Gasteiger partial charge is 0.236 e. The van der Waals surface area contributed by atoms with Crippen LogP contribution in [0.4, 0.5) is 0 Å². The molecule has 1 N–H and O–H groups in total. The molecule has 0 spiro atoms. The van der Waals surface area contributed by atoms with Gasteiger partial charge in [0, 0.05) is 13.1 Å². The summed E-state index contributed by atoms with van der Waals surface area (Å²) < 4.78 is 5.51. The molecule has 1 rings (SSSR count). The first-order valence-corrected chi connectivity index (χ1v) is 4.61. The number of nitrogens with zero attached hydrogens (tertiary/aromatic N) is 1. The summed E-state index contributed by atoms with van der Waals surface area (Å²) in [5.41, 5.74) is -0.193. The molecular weight excluding hydrogens is 168 g/mol. The third-order valence-electron chi connectivity index (χ3n) is 2.11. The van der Waals surface area contributed by atoms with Gasteiger partial charge in [0.15, 0.2) is 0 Å². The second-order valence-electron chi connectivity index (χ2n) is 3.95. The Labute approximate surface area is 79.2 Å². The van der Waals surface area contributed by atoms with Gasteiger partial charge in [-0.25, -0.2) is 0 Å². The molecule has 0 unspecified atom stereocenters. The van der Waals surface area contributed by atoms with Crippen LogP contribution >= 0.6 is 0 Å². The Bertz CT molecular complexity index is 192. The number of carbonyl (C=O) groups excluding carboxylic acids is 1. The van der Waals surface area contributed by atoms with Crippen molar-refractivity contribution >= 4 is 5.91 Å². The minimum absolute atomic E-state index is 0.152. The average Bonchev–Trinajstić information content (AvgIpc) is 2.03. The lowest BCUT2D eigenvalue weighted by Gasteiger charge is -2.38. The molecule has 0 aromatic rings. The summed E-state index contributed by atoms with van der Waals surface area (Å²) in [6.45, 7) is 6.47. The van der Waals surface area contributed by atoms with E-state index in [9.17, 15) is 4.79 Å². The zero-order valence-electron chi connectivity index (χ0n) is 8.59. The Morgan fingerprint density at radius 2 is 2.31 bits per heavy atom. The van der Waals surface area contributed by atoms with Crippen molar-refractivity contribution in [1.82, 2.24) is 10.2 Å². The fraction of sp³-hybridized carbons (Fsp3) is 0.889. The number of likely N-dealkylation sites (N-methyl/N-ethyl adjacent to an activating group) is 1. The predicted molar refractivity (Wildman–Crippen MR) is 50.5 cm³/mol. The Hall–Kier alpha value is -0.610. The number of ether oxygens (including phenoxy) is 1. The van der Waals surface area contributed by atoms with Crippen molar-refractivity contribution in [2.75, 3.05) is 33.3 Å². The standard InChI is InChI=1S/C9H18N2O2/c1-9(2)7-11(4-5-13-9)8(12)6-10-3/h10H,4-7H2,1-3H3. The van der Waals surface area contributed by atoms with Crippen molar-refractivity contribution in [2.24, 2.45) is 0 Å². The van der Waals surface area contributed by atoms with Gasteiger partial charge in [0.25, 0.3) is 0 Å². The van der Waals surface area contributed by atoms with E-state index in [-0.39, 0.29) is 11.5 Å². The molecule has 0 atom stereocenters. The quantitative estimate of drug-likeness (QED) is 0.651. The second-order valence-corrected chi connectivity index (χ2v) is 3.95. The van der Waals surface area contributed by atoms with Crippen molar-refractivity contribution in [1.29, 1.82) is 0 Å². The van der Waals surface area contributed by atoms with E-state index in [1.807, 2.05) is 18.7 Å². The molecule has 1 amide bonds. The lowest BCUT2D eigenvalue weighted by atomic mass is 10.1. The number of amides is 1. The van der Waals surface area contributed by atoms with E-state index >= 15 is 0 Å². The SMILES string of the molecule is CNCC(=O)N1CCOC(C)(C)C1. The normalized spacial score (nSPS) is 21.6. The van der Waals surface area contributed by atoms with E-state index in [0.29, 0.717) is 26.2 Å². The maximum atomic E-state index is 11.5. The third kappa shape index (κ3) is 2.97. The molecule has 13 heavy (non-hydrogen) atoms. The van der Waals surface area contributed by atoms with Crippen LogP contribution < -0.4 is 5.32 Å². The highest BCUT2D eigenvalue weighted by molar-refractivity contribution is 5.78. The number of hydrogen-bond acceptors (Lipinski definition) is 3. The van der Waals surface area contributed by atoms with Crippen molar-refractivity contribution in [3.8, 4) is 0 Å². The molecule has 1 aliphatic heterocycles. The topological polar surface area (TPSA) is 41.6 Å². The van der Waals surface area contributed by atoms with Gasteiger partial charge in [-0.05, 0) is 20.9 Å². The zero-order chi connectivity index (χ0) is 9.90. The average molecular weight is 186 g/mol. The molecule has 0 aromatic carbocycles. The van der Waals surface area contributed by atoms with Crippen LogP contribution in [0.5, 0.6) is 0 Å². The Morgan fingerprint density at radius 3 is 2.85 bits per heavy atom. The first kappa shape index (κ1) is 10.5. The third-order valence-corrected chi connectivity index (χ3v) is 2.11. The van der Waals surface area contributed by atoms with Crippen LogP contribution in [0.1, 0.15) is 13.8 Å². The number of hydrogen-bond donors (Lipinski definition) is 1. The number of morpholine rings is 1. The van der Waals surface area contributed by atoms with Crippen LogP contribution in [-0.2, 0) is 9.53 Å². The molecule has 1 saturated heterocycles. The van der Waals surface area contributed by atoms with E-state index in [0.717, 1.165) is 0 Å². The molecule has 0 aromatic heterocycles. The van der Waals surface area contributed by atoms with Crippen molar-refractivity contribution in [2.45, 2.75) is 19.4 Å². The first-order valence-electron chi connectivity index (χ1n) is 4.61. The molecule has 4 heteroatoms.